The van der Waals surface area contributed by atoms with Crippen LogP contribution in [0.1, 0.15) is 5.56 Å². The fourth-order valence-electron chi connectivity index (χ4n) is 2.40. The number of pyridine rings is 1. The number of aryl methyl sites for hydroxylation is 1. The Morgan fingerprint density at radius 1 is 1.00 bits per heavy atom. The van der Waals surface area contributed by atoms with Gasteiger partial charge >= 0.3 is 0 Å². The molecule has 0 amide bonds. The second-order valence-electron chi connectivity index (χ2n) is 5.68. The number of anilines is 3. The molecule has 0 saturated carbocycles. The highest BCUT2D eigenvalue weighted by Gasteiger charge is 2.14. The van der Waals surface area contributed by atoms with Crippen molar-refractivity contribution in [2.24, 2.45) is 0 Å². The third-order valence-corrected chi connectivity index (χ3v) is 5.06. The first kappa shape index (κ1) is 17.8. The van der Waals surface area contributed by atoms with E-state index in [0.717, 1.165) is 16.9 Å². The van der Waals surface area contributed by atoms with Gasteiger partial charge in [-0.2, -0.15) is 0 Å². The molecule has 7 heteroatoms. The second-order valence-corrected chi connectivity index (χ2v) is 7.36. The van der Waals surface area contributed by atoms with Crippen molar-refractivity contribution in [1.29, 1.82) is 0 Å². The van der Waals surface area contributed by atoms with Gasteiger partial charge in [-0.15, -0.1) is 0 Å². The van der Waals surface area contributed by atoms with E-state index in [1.165, 1.54) is 12.1 Å². The summed E-state index contributed by atoms with van der Waals surface area (Å²) in [7, 11) is -2.05. The molecule has 0 spiro atoms. The minimum absolute atomic E-state index is 0.188. The summed E-state index contributed by atoms with van der Waals surface area (Å²) >= 11 is 0. The van der Waals surface area contributed by atoms with Gasteiger partial charge in [0, 0.05) is 0 Å². The van der Waals surface area contributed by atoms with Crippen LogP contribution >= 0.6 is 0 Å². The van der Waals surface area contributed by atoms with Crippen LogP contribution in [0.5, 0.6) is 5.75 Å². The molecule has 0 unspecified atom stereocenters. The Labute approximate surface area is 152 Å². The van der Waals surface area contributed by atoms with Crippen LogP contribution in [0, 0.1) is 6.92 Å². The summed E-state index contributed by atoms with van der Waals surface area (Å²) < 4.78 is 32.4. The predicted molar refractivity (Wildman–Crippen MR) is 103 cm³/mol. The van der Waals surface area contributed by atoms with Gasteiger partial charge in [0.25, 0.3) is 10.0 Å². The molecule has 3 rings (SSSR count). The molecule has 0 fully saturated rings. The highest BCUT2D eigenvalue weighted by atomic mass is 32.2. The maximum atomic E-state index is 12.3. The van der Waals surface area contributed by atoms with Crippen LogP contribution in [0.25, 0.3) is 0 Å². The van der Waals surface area contributed by atoms with Crippen molar-refractivity contribution in [3.05, 3.63) is 72.4 Å². The van der Waals surface area contributed by atoms with Gasteiger partial charge in [-0.3, -0.25) is 4.72 Å². The van der Waals surface area contributed by atoms with E-state index in [4.69, 9.17) is 4.74 Å². The Morgan fingerprint density at radius 2 is 1.77 bits per heavy atom. The van der Waals surface area contributed by atoms with E-state index in [1.54, 1.807) is 43.6 Å². The molecule has 0 aliphatic carbocycles. The fourth-order valence-corrected chi connectivity index (χ4v) is 3.43. The van der Waals surface area contributed by atoms with Gasteiger partial charge in [0.15, 0.2) is 0 Å². The number of nitrogens with zero attached hydrogens (tertiary/aromatic N) is 1. The van der Waals surface area contributed by atoms with E-state index < -0.39 is 10.0 Å². The number of aromatic nitrogens is 1. The van der Waals surface area contributed by atoms with Gasteiger partial charge in [-0.1, -0.05) is 24.3 Å². The molecule has 26 heavy (non-hydrogen) atoms. The molecular weight excluding hydrogens is 350 g/mol. The number of benzene rings is 2. The minimum Gasteiger partial charge on any atom is -0.495 e. The summed E-state index contributed by atoms with van der Waals surface area (Å²) in [5.41, 5.74) is 2.62. The lowest BCUT2D eigenvalue weighted by Crippen LogP contribution is -2.13. The van der Waals surface area contributed by atoms with Crippen LogP contribution in [0.15, 0.2) is 71.8 Å². The zero-order valence-electron chi connectivity index (χ0n) is 14.4. The molecule has 6 nitrogen and oxygen atoms in total. The quantitative estimate of drug-likeness (QED) is 0.688. The molecule has 0 atom stereocenters. The molecule has 0 aliphatic heterocycles. The van der Waals surface area contributed by atoms with Gasteiger partial charge < -0.3 is 10.1 Å². The van der Waals surface area contributed by atoms with Crippen molar-refractivity contribution >= 4 is 27.2 Å². The highest BCUT2D eigenvalue weighted by Crippen LogP contribution is 2.28. The standard InChI is InChI=1S/C19H19N3O3S/c1-14-8-10-18(25-2)17(12-14)21-15-9-11-19(20-13-15)22-26(23,24)16-6-4-3-5-7-16/h3-13,21H,1-2H3,(H,20,22). The monoisotopic (exact) mass is 369 g/mol. The molecular formula is C19H19N3O3S. The molecule has 0 saturated heterocycles. The SMILES string of the molecule is COc1ccc(C)cc1Nc1ccc(NS(=O)(=O)c2ccccc2)nc1. The third-order valence-electron chi connectivity index (χ3n) is 3.69. The number of sulfonamides is 1. The maximum absolute atomic E-state index is 12.3. The first-order valence-electron chi connectivity index (χ1n) is 7.93. The van der Waals surface area contributed by atoms with Gasteiger partial charge in [0.2, 0.25) is 0 Å². The first-order valence-corrected chi connectivity index (χ1v) is 9.42. The maximum Gasteiger partial charge on any atom is 0.263 e. The van der Waals surface area contributed by atoms with Gasteiger partial charge in [-0.05, 0) is 48.9 Å². The van der Waals surface area contributed by atoms with Crippen molar-refractivity contribution in [1.82, 2.24) is 4.98 Å². The van der Waals surface area contributed by atoms with Crippen LogP contribution < -0.4 is 14.8 Å². The van der Waals surface area contributed by atoms with Crippen molar-refractivity contribution < 1.29 is 13.2 Å². The molecule has 134 valence electrons. The summed E-state index contributed by atoms with van der Waals surface area (Å²) in [5, 5.41) is 3.22. The van der Waals surface area contributed by atoms with Crippen molar-refractivity contribution in [2.45, 2.75) is 11.8 Å². The molecule has 1 heterocycles. The third kappa shape index (κ3) is 4.12. The van der Waals surface area contributed by atoms with Gasteiger partial charge in [-0.25, -0.2) is 13.4 Å². The molecule has 1 aromatic heterocycles. The predicted octanol–water partition coefficient (Wildman–Crippen LogP) is 3.94. The first-order chi connectivity index (χ1) is 12.5. The van der Waals surface area contributed by atoms with E-state index >= 15 is 0 Å². The Hall–Kier alpha value is -3.06. The number of hydrogen-bond donors (Lipinski definition) is 2. The minimum atomic E-state index is -3.65. The average molecular weight is 369 g/mol. The molecule has 0 radical (unpaired) electrons. The Bertz CT molecular complexity index is 988. The molecule has 3 aromatic rings. The lowest BCUT2D eigenvalue weighted by atomic mass is 10.2. The summed E-state index contributed by atoms with van der Waals surface area (Å²) in [5.74, 6) is 0.958. The Kier molecular flexibility index (Phi) is 5.09. The van der Waals surface area contributed by atoms with E-state index in [9.17, 15) is 8.42 Å². The van der Waals surface area contributed by atoms with Crippen molar-refractivity contribution in [3.8, 4) is 5.75 Å². The summed E-state index contributed by atoms with van der Waals surface area (Å²) in [4.78, 5) is 4.36. The van der Waals surface area contributed by atoms with Crippen LogP contribution in [-0.4, -0.2) is 20.5 Å². The van der Waals surface area contributed by atoms with E-state index in [-0.39, 0.29) is 10.7 Å². The van der Waals surface area contributed by atoms with E-state index in [1.807, 2.05) is 25.1 Å². The largest absolute Gasteiger partial charge is 0.495 e. The number of methoxy groups -OCH3 is 1. The number of ether oxygens (including phenoxy) is 1. The van der Waals surface area contributed by atoms with Crippen LogP contribution in [0.4, 0.5) is 17.2 Å². The zero-order chi connectivity index (χ0) is 18.6. The van der Waals surface area contributed by atoms with Gasteiger partial charge in [0.05, 0.1) is 29.6 Å². The molecule has 2 aromatic carbocycles. The summed E-state index contributed by atoms with van der Waals surface area (Å²) in [6.07, 6.45) is 1.56. The van der Waals surface area contributed by atoms with Crippen LogP contribution in [-0.2, 0) is 10.0 Å². The normalized spacial score (nSPS) is 11.0. The summed E-state index contributed by atoms with van der Waals surface area (Å²) in [6.45, 7) is 1.99. The topological polar surface area (TPSA) is 80.3 Å². The van der Waals surface area contributed by atoms with Crippen molar-refractivity contribution in [3.63, 3.8) is 0 Å². The van der Waals surface area contributed by atoms with E-state index in [0.29, 0.717) is 5.75 Å². The zero-order valence-corrected chi connectivity index (χ0v) is 15.2. The number of hydrogen-bond acceptors (Lipinski definition) is 5. The lowest BCUT2D eigenvalue weighted by Gasteiger charge is -2.12. The number of rotatable bonds is 6. The molecule has 0 bridgehead atoms. The summed E-state index contributed by atoms with van der Waals surface area (Å²) in [6, 6.07) is 17.3. The van der Waals surface area contributed by atoms with Crippen molar-refractivity contribution in [2.75, 3.05) is 17.1 Å². The lowest BCUT2D eigenvalue weighted by molar-refractivity contribution is 0.416. The second kappa shape index (κ2) is 7.45. The fraction of sp³-hybridized carbons (Fsp3) is 0.105. The molecule has 2 N–H and O–H groups in total. The Morgan fingerprint density at radius 3 is 2.42 bits per heavy atom. The van der Waals surface area contributed by atoms with E-state index in [2.05, 4.69) is 15.0 Å². The van der Waals surface area contributed by atoms with Crippen LogP contribution in [0.2, 0.25) is 0 Å². The molecule has 0 aliphatic rings. The highest BCUT2D eigenvalue weighted by molar-refractivity contribution is 7.92. The Balaban J connectivity index is 1.76. The number of nitrogens with one attached hydrogen (secondary N) is 2. The van der Waals surface area contributed by atoms with Gasteiger partial charge in [0.1, 0.15) is 11.6 Å². The average Bonchev–Trinajstić information content (AvgIpc) is 2.64. The van der Waals surface area contributed by atoms with Crippen LogP contribution in [0.3, 0.4) is 0 Å². The smallest absolute Gasteiger partial charge is 0.263 e.